The van der Waals surface area contributed by atoms with Gasteiger partial charge in [-0.25, -0.2) is 4.39 Å². The molecular formula is C16H12BrFN2O. The number of carbonyl (C=O) groups excluding carboxylic acids is 1. The molecule has 0 saturated carbocycles. The van der Waals surface area contributed by atoms with Crippen LogP contribution in [0.1, 0.15) is 21.5 Å². The molecule has 0 bridgehead atoms. The Morgan fingerprint density at radius 3 is 2.76 bits per heavy atom. The Morgan fingerprint density at radius 2 is 2.05 bits per heavy atom. The van der Waals surface area contributed by atoms with Crippen LogP contribution in [-0.2, 0) is 0 Å². The van der Waals surface area contributed by atoms with Gasteiger partial charge in [0, 0.05) is 44.0 Å². The zero-order valence-electron chi connectivity index (χ0n) is 11.2. The predicted molar refractivity (Wildman–Crippen MR) is 85.0 cm³/mol. The van der Waals surface area contributed by atoms with Crippen LogP contribution < -0.4 is 5.73 Å². The van der Waals surface area contributed by atoms with Gasteiger partial charge in [-0.05, 0) is 37.3 Å². The van der Waals surface area contributed by atoms with E-state index >= 15 is 0 Å². The van der Waals surface area contributed by atoms with E-state index in [0.717, 1.165) is 15.4 Å². The highest BCUT2D eigenvalue weighted by atomic mass is 79.9. The molecule has 1 heterocycles. The summed E-state index contributed by atoms with van der Waals surface area (Å²) in [5, 5.41) is 0.786. The van der Waals surface area contributed by atoms with Crippen molar-refractivity contribution in [3.05, 3.63) is 63.5 Å². The second-order valence-electron chi connectivity index (χ2n) is 4.89. The SMILES string of the molecule is Cc1c(N)cc(C(=O)c2c[nH]c3ccc(Br)cc23)cc1F. The zero-order valence-corrected chi connectivity index (χ0v) is 12.8. The molecule has 3 rings (SSSR count). The molecule has 106 valence electrons. The Bertz CT molecular complexity index is 847. The molecule has 0 spiro atoms. The van der Waals surface area contributed by atoms with E-state index in [1.807, 2.05) is 18.2 Å². The predicted octanol–water partition coefficient (Wildman–Crippen LogP) is 4.19. The number of hydrogen-bond donors (Lipinski definition) is 2. The smallest absolute Gasteiger partial charge is 0.195 e. The number of nitrogens with one attached hydrogen (secondary N) is 1. The largest absolute Gasteiger partial charge is 0.398 e. The fraction of sp³-hybridized carbons (Fsp3) is 0.0625. The van der Waals surface area contributed by atoms with Gasteiger partial charge in [-0.2, -0.15) is 0 Å². The highest BCUT2D eigenvalue weighted by Crippen LogP contribution is 2.26. The van der Waals surface area contributed by atoms with Crippen molar-refractivity contribution >= 4 is 38.3 Å². The number of halogens is 2. The van der Waals surface area contributed by atoms with Crippen molar-refractivity contribution in [1.82, 2.24) is 4.98 Å². The first-order valence-electron chi connectivity index (χ1n) is 6.34. The molecule has 0 aliphatic rings. The number of benzene rings is 2. The van der Waals surface area contributed by atoms with E-state index in [0.29, 0.717) is 11.1 Å². The van der Waals surface area contributed by atoms with E-state index in [-0.39, 0.29) is 17.0 Å². The third kappa shape index (κ3) is 2.34. The second-order valence-corrected chi connectivity index (χ2v) is 5.81. The lowest BCUT2D eigenvalue weighted by Gasteiger charge is -2.06. The first-order valence-corrected chi connectivity index (χ1v) is 7.13. The van der Waals surface area contributed by atoms with Crippen molar-refractivity contribution in [2.24, 2.45) is 0 Å². The van der Waals surface area contributed by atoms with Crippen LogP contribution in [0.25, 0.3) is 10.9 Å². The van der Waals surface area contributed by atoms with Crippen LogP contribution in [0.3, 0.4) is 0 Å². The van der Waals surface area contributed by atoms with Crippen molar-refractivity contribution in [2.75, 3.05) is 5.73 Å². The standard InChI is InChI=1S/C16H12BrFN2O/c1-8-13(18)4-9(5-14(8)19)16(21)12-7-20-15-3-2-10(17)6-11(12)15/h2-7,20H,19H2,1H3. The maximum Gasteiger partial charge on any atom is 0.195 e. The third-order valence-corrected chi connectivity index (χ3v) is 4.03. The molecule has 3 aromatic rings. The molecule has 1 aromatic heterocycles. The van der Waals surface area contributed by atoms with Crippen LogP contribution in [0.5, 0.6) is 0 Å². The first-order chi connectivity index (χ1) is 9.97. The molecule has 3 N–H and O–H groups in total. The molecule has 2 aromatic carbocycles. The summed E-state index contributed by atoms with van der Waals surface area (Å²) in [7, 11) is 0. The van der Waals surface area contributed by atoms with Crippen LogP contribution in [-0.4, -0.2) is 10.8 Å². The molecule has 3 nitrogen and oxygen atoms in total. The summed E-state index contributed by atoms with van der Waals surface area (Å²) in [6.07, 6.45) is 1.63. The van der Waals surface area contributed by atoms with Gasteiger partial charge in [0.2, 0.25) is 0 Å². The number of aromatic amines is 1. The molecule has 0 radical (unpaired) electrons. The molecule has 0 atom stereocenters. The van der Waals surface area contributed by atoms with Gasteiger partial charge in [0.15, 0.2) is 5.78 Å². The number of hydrogen-bond acceptors (Lipinski definition) is 2. The summed E-state index contributed by atoms with van der Waals surface area (Å²) in [5.41, 5.74) is 7.96. The number of fused-ring (bicyclic) bond motifs is 1. The Morgan fingerprint density at radius 1 is 1.29 bits per heavy atom. The molecule has 0 unspecified atom stereocenters. The monoisotopic (exact) mass is 346 g/mol. The van der Waals surface area contributed by atoms with Crippen molar-refractivity contribution in [1.29, 1.82) is 0 Å². The molecular weight excluding hydrogens is 335 g/mol. The lowest BCUT2D eigenvalue weighted by molar-refractivity contribution is 0.104. The van der Waals surface area contributed by atoms with E-state index in [2.05, 4.69) is 20.9 Å². The highest BCUT2D eigenvalue weighted by molar-refractivity contribution is 9.10. The molecule has 0 aliphatic carbocycles. The van der Waals surface area contributed by atoms with Crippen LogP contribution >= 0.6 is 15.9 Å². The second kappa shape index (κ2) is 5.00. The minimum atomic E-state index is -0.473. The quantitative estimate of drug-likeness (QED) is 0.539. The van der Waals surface area contributed by atoms with Gasteiger partial charge in [-0.15, -0.1) is 0 Å². The lowest BCUT2D eigenvalue weighted by Crippen LogP contribution is -2.04. The fourth-order valence-electron chi connectivity index (χ4n) is 2.27. The van der Waals surface area contributed by atoms with Gasteiger partial charge < -0.3 is 10.7 Å². The van der Waals surface area contributed by atoms with E-state index in [1.54, 1.807) is 13.1 Å². The van der Waals surface area contributed by atoms with Crippen LogP contribution in [0.4, 0.5) is 10.1 Å². The van der Waals surface area contributed by atoms with E-state index < -0.39 is 5.82 Å². The Hall–Kier alpha value is -2.14. The number of aromatic nitrogens is 1. The van der Waals surface area contributed by atoms with Crippen LogP contribution in [0.15, 0.2) is 41.0 Å². The van der Waals surface area contributed by atoms with Gasteiger partial charge in [0.25, 0.3) is 0 Å². The Labute approximate surface area is 129 Å². The van der Waals surface area contributed by atoms with E-state index in [4.69, 9.17) is 5.73 Å². The zero-order chi connectivity index (χ0) is 15.1. The number of nitrogens with two attached hydrogens (primary N) is 1. The van der Waals surface area contributed by atoms with Crippen molar-refractivity contribution in [3.8, 4) is 0 Å². The van der Waals surface area contributed by atoms with Crippen LogP contribution in [0, 0.1) is 12.7 Å². The fourth-order valence-corrected chi connectivity index (χ4v) is 2.63. The normalized spacial score (nSPS) is 11.0. The molecule has 5 heteroatoms. The van der Waals surface area contributed by atoms with Gasteiger partial charge >= 0.3 is 0 Å². The average molecular weight is 347 g/mol. The van der Waals surface area contributed by atoms with Crippen molar-refractivity contribution in [2.45, 2.75) is 6.92 Å². The third-order valence-electron chi connectivity index (χ3n) is 3.54. The number of ketones is 1. The molecule has 0 fully saturated rings. The average Bonchev–Trinajstić information content (AvgIpc) is 2.86. The molecule has 0 aliphatic heterocycles. The summed E-state index contributed by atoms with van der Waals surface area (Å²) in [6, 6.07) is 8.35. The summed E-state index contributed by atoms with van der Waals surface area (Å²) in [5.74, 6) is -0.732. The summed E-state index contributed by atoms with van der Waals surface area (Å²) in [6.45, 7) is 1.59. The highest BCUT2D eigenvalue weighted by Gasteiger charge is 2.17. The van der Waals surface area contributed by atoms with Gasteiger partial charge in [0.1, 0.15) is 5.82 Å². The van der Waals surface area contributed by atoms with Crippen LogP contribution in [0.2, 0.25) is 0 Å². The van der Waals surface area contributed by atoms with E-state index in [1.165, 1.54) is 12.1 Å². The molecule has 0 saturated heterocycles. The number of carbonyl (C=O) groups is 1. The number of anilines is 1. The minimum absolute atomic E-state index is 0.247. The van der Waals surface area contributed by atoms with Gasteiger partial charge in [-0.3, -0.25) is 4.79 Å². The topological polar surface area (TPSA) is 58.9 Å². The summed E-state index contributed by atoms with van der Waals surface area (Å²) >= 11 is 3.38. The molecule has 0 amide bonds. The number of H-pyrrole nitrogens is 1. The van der Waals surface area contributed by atoms with Gasteiger partial charge in [0.05, 0.1) is 0 Å². The minimum Gasteiger partial charge on any atom is -0.398 e. The summed E-state index contributed by atoms with van der Waals surface area (Å²) in [4.78, 5) is 15.6. The number of rotatable bonds is 2. The Kier molecular flexibility index (Phi) is 3.29. The Balaban J connectivity index is 2.15. The van der Waals surface area contributed by atoms with Crippen molar-refractivity contribution < 1.29 is 9.18 Å². The van der Waals surface area contributed by atoms with E-state index in [9.17, 15) is 9.18 Å². The summed E-state index contributed by atoms with van der Waals surface area (Å²) < 4.78 is 14.6. The maximum atomic E-state index is 13.8. The van der Waals surface area contributed by atoms with Gasteiger partial charge in [-0.1, -0.05) is 15.9 Å². The van der Waals surface area contributed by atoms with Crippen molar-refractivity contribution in [3.63, 3.8) is 0 Å². The number of nitrogen functional groups attached to an aromatic ring is 1. The maximum absolute atomic E-state index is 13.8. The first kappa shape index (κ1) is 13.8. The lowest BCUT2D eigenvalue weighted by atomic mass is 10.0. The molecule has 21 heavy (non-hydrogen) atoms.